The van der Waals surface area contributed by atoms with E-state index in [2.05, 4.69) is 16.0 Å². The Morgan fingerprint density at radius 3 is 1.76 bits per heavy atom. The van der Waals surface area contributed by atoms with Crippen molar-refractivity contribution in [1.29, 1.82) is 0 Å². The number of hydrogen-bond acceptors (Lipinski definition) is 12. The molecule has 34 heavy (non-hydrogen) atoms. The molecule has 5 unspecified atom stereocenters. The third kappa shape index (κ3) is 11.1. The molecule has 204 valence electrons. The van der Waals surface area contributed by atoms with Crippen molar-refractivity contribution >= 4 is 0 Å². The Hall–Kier alpha value is -0.480. The van der Waals surface area contributed by atoms with Gasteiger partial charge < -0.3 is 56.8 Å². The summed E-state index contributed by atoms with van der Waals surface area (Å²) in [5, 5.41) is 90.4. The molecule has 0 bridgehead atoms. The fourth-order valence-electron chi connectivity index (χ4n) is 4.75. The average Bonchev–Trinajstić information content (AvgIpc) is 2.84. The molecule has 1 aliphatic heterocycles. The van der Waals surface area contributed by atoms with Gasteiger partial charge in [0.15, 0.2) is 0 Å². The van der Waals surface area contributed by atoms with Crippen LogP contribution in [0.25, 0.3) is 0 Å². The van der Waals surface area contributed by atoms with Crippen molar-refractivity contribution in [3.8, 4) is 0 Å². The van der Waals surface area contributed by atoms with Gasteiger partial charge in [0, 0.05) is 44.3 Å². The summed E-state index contributed by atoms with van der Waals surface area (Å²) in [6.07, 6.45) is -2.98. The lowest BCUT2D eigenvalue weighted by molar-refractivity contribution is -0.0765. The summed E-state index contributed by atoms with van der Waals surface area (Å²) in [7, 11) is 0. The van der Waals surface area contributed by atoms with Gasteiger partial charge in [-0.3, -0.25) is 4.90 Å². The lowest BCUT2D eigenvalue weighted by Gasteiger charge is -2.52. The highest BCUT2D eigenvalue weighted by Gasteiger charge is 2.47. The van der Waals surface area contributed by atoms with Crippen LogP contribution in [-0.2, 0) is 0 Å². The summed E-state index contributed by atoms with van der Waals surface area (Å²) in [5.74, 6) is 0. The van der Waals surface area contributed by atoms with Crippen LogP contribution in [0.5, 0.6) is 0 Å². The minimum atomic E-state index is -1.17. The lowest BCUT2D eigenvalue weighted by Crippen LogP contribution is -2.66. The quantitative estimate of drug-likeness (QED) is 0.124. The molecule has 1 rings (SSSR count). The maximum Gasteiger partial charge on any atom is 0.0897 e. The van der Waals surface area contributed by atoms with Crippen molar-refractivity contribution in [3.05, 3.63) is 0 Å². The number of β-amino-alcohol motifs (C(OH)–C–C–N with tert-alkyl or cyclic N) is 1. The second-order valence-corrected chi connectivity index (χ2v) is 9.25. The zero-order valence-corrected chi connectivity index (χ0v) is 20.2. The van der Waals surface area contributed by atoms with Crippen LogP contribution in [0.2, 0.25) is 0 Å². The molecule has 1 heterocycles. The van der Waals surface area contributed by atoms with Gasteiger partial charge in [0.1, 0.15) is 0 Å². The molecule has 0 aliphatic carbocycles. The smallest absolute Gasteiger partial charge is 0.0897 e. The molecule has 5 atom stereocenters. The first-order chi connectivity index (χ1) is 16.3. The monoisotopic (exact) mass is 496 g/mol. The molecule has 0 saturated carbocycles. The molecule has 12 nitrogen and oxygen atoms in total. The van der Waals surface area contributed by atoms with Crippen molar-refractivity contribution in [2.45, 2.75) is 68.1 Å². The number of rotatable bonds is 12. The highest BCUT2D eigenvalue weighted by Crippen LogP contribution is 2.34. The van der Waals surface area contributed by atoms with Gasteiger partial charge in [-0.2, -0.15) is 0 Å². The Morgan fingerprint density at radius 2 is 1.21 bits per heavy atom. The average molecular weight is 497 g/mol. The van der Waals surface area contributed by atoms with E-state index in [1.807, 2.05) is 4.90 Å². The largest absolute Gasteiger partial charge is 0.394 e. The zero-order chi connectivity index (χ0) is 25.4. The van der Waals surface area contributed by atoms with Gasteiger partial charge >= 0.3 is 0 Å². The summed E-state index contributed by atoms with van der Waals surface area (Å²) in [6.45, 7) is 1.89. The van der Waals surface area contributed by atoms with E-state index in [0.29, 0.717) is 26.1 Å². The Balaban J connectivity index is 3.52. The van der Waals surface area contributed by atoms with Crippen LogP contribution in [0, 0.1) is 0 Å². The van der Waals surface area contributed by atoms with Crippen molar-refractivity contribution < 1.29 is 40.9 Å². The molecular formula is C22H48N4O8. The lowest BCUT2D eigenvalue weighted by atomic mass is 9.75. The van der Waals surface area contributed by atoms with Crippen molar-refractivity contribution in [2.75, 3.05) is 72.2 Å². The molecule has 0 aromatic carbocycles. The van der Waals surface area contributed by atoms with Crippen molar-refractivity contribution in [3.63, 3.8) is 0 Å². The molecule has 0 radical (unpaired) electrons. The predicted molar refractivity (Wildman–Crippen MR) is 127 cm³/mol. The summed E-state index contributed by atoms with van der Waals surface area (Å²) >= 11 is 0. The van der Waals surface area contributed by atoms with Crippen molar-refractivity contribution in [1.82, 2.24) is 20.9 Å². The summed E-state index contributed by atoms with van der Waals surface area (Å²) in [6, 6.07) is -0.592. The van der Waals surface area contributed by atoms with E-state index >= 15 is 0 Å². The molecule has 12 heteroatoms. The van der Waals surface area contributed by atoms with E-state index in [4.69, 9.17) is 0 Å². The molecule has 1 aliphatic rings. The number of aliphatic hydroxyl groups excluding tert-OH is 8. The molecule has 0 aromatic rings. The number of nitrogens with one attached hydrogen (secondary N) is 3. The van der Waals surface area contributed by atoms with E-state index in [1.54, 1.807) is 0 Å². The van der Waals surface area contributed by atoms with E-state index in [0.717, 1.165) is 26.1 Å². The number of hydrogen-bond donors (Lipinski definition) is 11. The van der Waals surface area contributed by atoms with E-state index in [-0.39, 0.29) is 25.8 Å². The highest BCUT2D eigenvalue weighted by atomic mass is 16.3. The number of aliphatic hydroxyl groups is 8. The van der Waals surface area contributed by atoms with E-state index in [9.17, 15) is 40.9 Å². The Labute approximate surface area is 202 Å². The van der Waals surface area contributed by atoms with Gasteiger partial charge in [0.2, 0.25) is 0 Å². The SMILES string of the molecule is OCC(O)CC1NCCNCCNCCCCN(CC(O)CO)C1(CC(O)CO)CC(O)CO. The van der Waals surface area contributed by atoms with Crippen LogP contribution in [0.4, 0.5) is 0 Å². The van der Waals surface area contributed by atoms with Crippen LogP contribution in [0.15, 0.2) is 0 Å². The third-order valence-electron chi connectivity index (χ3n) is 6.44. The first kappa shape index (κ1) is 31.5. The van der Waals surface area contributed by atoms with Gasteiger partial charge in [-0.1, -0.05) is 0 Å². The first-order valence-corrected chi connectivity index (χ1v) is 12.4. The van der Waals surface area contributed by atoms with E-state index in [1.165, 1.54) is 0 Å². The first-order valence-electron chi connectivity index (χ1n) is 12.4. The zero-order valence-electron chi connectivity index (χ0n) is 20.2. The standard InChI is InChI=1S/C22H48N4O8/c27-13-17(31)9-21-22(10-18(32)14-28,11-19(33)15-29)26(12-20(34)16-30)8-2-1-3-23-4-5-24-6-7-25-21/h17-21,23-25,27-34H,1-16H2. The van der Waals surface area contributed by atoms with Crippen LogP contribution in [-0.4, -0.2) is 154 Å². The molecule has 0 spiro atoms. The predicted octanol–water partition coefficient (Wildman–Crippen LogP) is -4.46. The highest BCUT2D eigenvalue weighted by molar-refractivity contribution is 5.04. The third-order valence-corrected chi connectivity index (χ3v) is 6.44. The van der Waals surface area contributed by atoms with Crippen molar-refractivity contribution in [2.24, 2.45) is 0 Å². The molecule has 0 amide bonds. The summed E-state index contributed by atoms with van der Waals surface area (Å²) in [5.41, 5.74) is -1.13. The topological polar surface area (TPSA) is 201 Å². The second kappa shape index (κ2) is 17.9. The Kier molecular flexibility index (Phi) is 16.6. The minimum absolute atomic E-state index is 0.0197. The normalized spacial score (nSPS) is 28.1. The Bertz CT molecular complexity index is 466. The maximum atomic E-state index is 10.6. The van der Waals surface area contributed by atoms with Gasteiger partial charge in [0.05, 0.1) is 50.8 Å². The van der Waals surface area contributed by atoms with Crippen LogP contribution >= 0.6 is 0 Å². The van der Waals surface area contributed by atoms with Crippen LogP contribution in [0.3, 0.4) is 0 Å². The summed E-state index contributed by atoms with van der Waals surface area (Å²) < 4.78 is 0. The number of nitrogens with zero attached hydrogens (tertiary/aromatic N) is 1. The second-order valence-electron chi connectivity index (χ2n) is 9.25. The minimum Gasteiger partial charge on any atom is -0.394 e. The van der Waals surface area contributed by atoms with Gasteiger partial charge in [-0.15, -0.1) is 0 Å². The van der Waals surface area contributed by atoms with Crippen LogP contribution < -0.4 is 16.0 Å². The fourth-order valence-corrected chi connectivity index (χ4v) is 4.75. The molecule has 1 saturated heterocycles. The Morgan fingerprint density at radius 1 is 0.676 bits per heavy atom. The fraction of sp³-hybridized carbons (Fsp3) is 1.00. The summed E-state index contributed by atoms with van der Waals surface area (Å²) in [4.78, 5) is 1.88. The van der Waals surface area contributed by atoms with Crippen LogP contribution in [0.1, 0.15) is 32.1 Å². The van der Waals surface area contributed by atoms with E-state index < -0.39 is 62.4 Å². The molecular weight excluding hydrogens is 448 g/mol. The molecule has 11 N–H and O–H groups in total. The van der Waals surface area contributed by atoms with Gasteiger partial charge in [-0.05, 0) is 45.2 Å². The molecule has 1 fully saturated rings. The van der Waals surface area contributed by atoms with Gasteiger partial charge in [0.25, 0.3) is 0 Å². The molecule has 0 aromatic heterocycles. The van der Waals surface area contributed by atoms with Gasteiger partial charge in [-0.25, -0.2) is 0 Å². The maximum absolute atomic E-state index is 10.6.